The molecule has 0 saturated heterocycles. The Labute approximate surface area is 116 Å². The van der Waals surface area contributed by atoms with Crippen molar-refractivity contribution in [3.8, 4) is 0 Å². The van der Waals surface area contributed by atoms with Crippen LogP contribution in [0.2, 0.25) is 5.02 Å². The summed E-state index contributed by atoms with van der Waals surface area (Å²) in [7, 11) is 0. The van der Waals surface area contributed by atoms with Crippen molar-refractivity contribution in [2.75, 3.05) is 6.54 Å². The third kappa shape index (κ3) is 4.58. The predicted octanol–water partition coefficient (Wildman–Crippen LogP) is 4.60. The third-order valence-corrected chi connectivity index (χ3v) is 3.80. The first-order chi connectivity index (χ1) is 8.72. The molecule has 0 fully saturated rings. The molecule has 1 aromatic heterocycles. The van der Waals surface area contributed by atoms with E-state index in [4.69, 9.17) is 11.6 Å². The van der Waals surface area contributed by atoms with Gasteiger partial charge in [0.15, 0.2) is 0 Å². The summed E-state index contributed by atoms with van der Waals surface area (Å²) in [5.74, 6) is 0.734. The molecule has 1 atom stereocenters. The number of nitrogens with zero attached hydrogens (tertiary/aromatic N) is 1. The van der Waals surface area contributed by atoms with Crippen LogP contribution in [-0.4, -0.2) is 11.5 Å². The maximum absolute atomic E-state index is 6.27. The van der Waals surface area contributed by atoms with Gasteiger partial charge in [-0.1, -0.05) is 45.2 Å². The van der Waals surface area contributed by atoms with E-state index in [0.717, 1.165) is 36.0 Å². The molecule has 1 rings (SSSR count). The Morgan fingerprint density at radius 1 is 1.28 bits per heavy atom. The molecule has 102 valence electrons. The normalized spacial score (nSPS) is 12.9. The van der Waals surface area contributed by atoms with E-state index in [1.807, 2.05) is 18.3 Å². The van der Waals surface area contributed by atoms with Gasteiger partial charge in [0, 0.05) is 6.20 Å². The highest BCUT2D eigenvalue weighted by Crippen LogP contribution is 2.28. The monoisotopic (exact) mass is 268 g/mol. The number of hydrogen-bond donors (Lipinski definition) is 1. The van der Waals surface area contributed by atoms with Gasteiger partial charge in [0.1, 0.15) is 0 Å². The van der Waals surface area contributed by atoms with Gasteiger partial charge in [-0.2, -0.15) is 0 Å². The lowest BCUT2D eigenvalue weighted by Gasteiger charge is -2.23. The lowest BCUT2D eigenvalue weighted by molar-refractivity contribution is 0.367. The van der Waals surface area contributed by atoms with Crippen LogP contribution in [0, 0.1) is 5.92 Å². The number of halogens is 1. The maximum atomic E-state index is 6.27. The van der Waals surface area contributed by atoms with E-state index >= 15 is 0 Å². The van der Waals surface area contributed by atoms with E-state index < -0.39 is 0 Å². The van der Waals surface area contributed by atoms with Crippen molar-refractivity contribution < 1.29 is 0 Å². The lowest BCUT2D eigenvalue weighted by atomic mass is 9.93. The average Bonchev–Trinajstić information content (AvgIpc) is 2.40. The zero-order chi connectivity index (χ0) is 13.4. The standard InChI is InChI=1S/C15H25ClN2/c1-4-9-17-14(11-12(5-2)6-3)15-13(16)8-7-10-18-15/h7-8,10,12,14,17H,4-6,9,11H2,1-3H3. The largest absolute Gasteiger partial charge is 0.309 e. The van der Waals surface area contributed by atoms with Gasteiger partial charge in [-0.25, -0.2) is 0 Å². The number of aromatic nitrogens is 1. The number of hydrogen-bond acceptors (Lipinski definition) is 2. The van der Waals surface area contributed by atoms with Crippen LogP contribution in [0.15, 0.2) is 18.3 Å². The second-order valence-electron chi connectivity index (χ2n) is 4.80. The quantitative estimate of drug-likeness (QED) is 0.745. The second-order valence-corrected chi connectivity index (χ2v) is 5.20. The fraction of sp³-hybridized carbons (Fsp3) is 0.667. The zero-order valence-electron chi connectivity index (χ0n) is 11.7. The van der Waals surface area contributed by atoms with Crippen molar-refractivity contribution >= 4 is 11.6 Å². The van der Waals surface area contributed by atoms with Crippen LogP contribution in [0.1, 0.15) is 58.2 Å². The first kappa shape index (κ1) is 15.5. The molecule has 1 heterocycles. The second kappa shape index (κ2) is 8.49. The van der Waals surface area contributed by atoms with Gasteiger partial charge >= 0.3 is 0 Å². The molecule has 0 amide bonds. The highest BCUT2D eigenvalue weighted by molar-refractivity contribution is 6.31. The summed E-state index contributed by atoms with van der Waals surface area (Å²) in [5, 5.41) is 4.35. The minimum atomic E-state index is 0.281. The Morgan fingerprint density at radius 2 is 2.00 bits per heavy atom. The van der Waals surface area contributed by atoms with Crippen LogP contribution in [0.5, 0.6) is 0 Å². The van der Waals surface area contributed by atoms with E-state index in [9.17, 15) is 0 Å². The Balaban J connectivity index is 2.80. The van der Waals surface area contributed by atoms with Crippen molar-refractivity contribution in [2.45, 2.75) is 52.5 Å². The van der Waals surface area contributed by atoms with Gasteiger partial charge < -0.3 is 5.32 Å². The van der Waals surface area contributed by atoms with Crippen molar-refractivity contribution in [3.05, 3.63) is 29.0 Å². The van der Waals surface area contributed by atoms with Crippen LogP contribution in [0.4, 0.5) is 0 Å². The van der Waals surface area contributed by atoms with Crippen LogP contribution in [-0.2, 0) is 0 Å². The SMILES string of the molecule is CCCNC(CC(CC)CC)c1ncccc1Cl. The molecule has 1 N–H and O–H groups in total. The Kier molecular flexibility index (Phi) is 7.29. The summed E-state index contributed by atoms with van der Waals surface area (Å²) in [4.78, 5) is 4.46. The molecular formula is C15H25ClN2. The molecule has 0 saturated carbocycles. The van der Waals surface area contributed by atoms with E-state index in [1.165, 1.54) is 12.8 Å². The summed E-state index contributed by atoms with van der Waals surface area (Å²) < 4.78 is 0. The molecule has 0 aliphatic carbocycles. The Morgan fingerprint density at radius 3 is 2.56 bits per heavy atom. The zero-order valence-corrected chi connectivity index (χ0v) is 12.5. The third-order valence-electron chi connectivity index (χ3n) is 3.48. The highest BCUT2D eigenvalue weighted by atomic mass is 35.5. The van der Waals surface area contributed by atoms with Crippen molar-refractivity contribution in [1.82, 2.24) is 10.3 Å². The topological polar surface area (TPSA) is 24.9 Å². The lowest BCUT2D eigenvalue weighted by Crippen LogP contribution is -2.25. The molecule has 1 aromatic rings. The summed E-state index contributed by atoms with van der Waals surface area (Å²) in [6.07, 6.45) is 6.50. The van der Waals surface area contributed by atoms with Crippen LogP contribution >= 0.6 is 11.6 Å². The maximum Gasteiger partial charge on any atom is 0.0759 e. The summed E-state index contributed by atoms with van der Waals surface area (Å²) in [6, 6.07) is 4.10. The number of nitrogens with one attached hydrogen (secondary N) is 1. The smallest absolute Gasteiger partial charge is 0.0759 e. The predicted molar refractivity (Wildman–Crippen MR) is 79.0 cm³/mol. The molecule has 0 bridgehead atoms. The molecule has 0 spiro atoms. The first-order valence-corrected chi connectivity index (χ1v) is 7.44. The average molecular weight is 269 g/mol. The van der Waals surface area contributed by atoms with E-state index in [1.54, 1.807) is 0 Å². The van der Waals surface area contributed by atoms with Crippen LogP contribution in [0.3, 0.4) is 0 Å². The number of rotatable bonds is 8. The van der Waals surface area contributed by atoms with Crippen LogP contribution < -0.4 is 5.32 Å². The van der Waals surface area contributed by atoms with Gasteiger partial charge in [-0.15, -0.1) is 0 Å². The fourth-order valence-electron chi connectivity index (χ4n) is 2.22. The fourth-order valence-corrected chi connectivity index (χ4v) is 2.47. The molecule has 18 heavy (non-hydrogen) atoms. The van der Waals surface area contributed by atoms with E-state index in [0.29, 0.717) is 0 Å². The minimum Gasteiger partial charge on any atom is -0.309 e. The van der Waals surface area contributed by atoms with Gasteiger partial charge in [0.05, 0.1) is 16.8 Å². The van der Waals surface area contributed by atoms with E-state index in [2.05, 4.69) is 31.1 Å². The molecule has 0 radical (unpaired) electrons. The minimum absolute atomic E-state index is 0.281. The summed E-state index contributed by atoms with van der Waals surface area (Å²) in [6.45, 7) is 7.70. The molecule has 0 aliphatic rings. The van der Waals surface area contributed by atoms with Gasteiger partial charge in [-0.05, 0) is 37.4 Å². The van der Waals surface area contributed by atoms with Crippen LogP contribution in [0.25, 0.3) is 0 Å². The summed E-state index contributed by atoms with van der Waals surface area (Å²) >= 11 is 6.27. The van der Waals surface area contributed by atoms with Crippen molar-refractivity contribution in [3.63, 3.8) is 0 Å². The Bertz CT molecular complexity index is 337. The molecule has 0 aromatic carbocycles. The highest BCUT2D eigenvalue weighted by Gasteiger charge is 2.18. The number of pyridine rings is 1. The van der Waals surface area contributed by atoms with Crippen molar-refractivity contribution in [2.24, 2.45) is 5.92 Å². The first-order valence-electron chi connectivity index (χ1n) is 7.06. The molecule has 1 unspecified atom stereocenters. The van der Waals surface area contributed by atoms with Gasteiger partial charge in [0.25, 0.3) is 0 Å². The Hall–Kier alpha value is -0.600. The molecular weight excluding hydrogens is 244 g/mol. The van der Waals surface area contributed by atoms with Gasteiger partial charge in [-0.3, -0.25) is 4.98 Å². The van der Waals surface area contributed by atoms with Crippen molar-refractivity contribution in [1.29, 1.82) is 0 Å². The van der Waals surface area contributed by atoms with Gasteiger partial charge in [0.2, 0.25) is 0 Å². The molecule has 3 heteroatoms. The summed E-state index contributed by atoms with van der Waals surface area (Å²) in [5.41, 5.74) is 1.000. The molecule has 0 aliphatic heterocycles. The van der Waals surface area contributed by atoms with E-state index in [-0.39, 0.29) is 6.04 Å². The molecule has 2 nitrogen and oxygen atoms in total.